The summed E-state index contributed by atoms with van der Waals surface area (Å²) in [6, 6.07) is 13.1. The first kappa shape index (κ1) is 18.4. The molecule has 0 radical (unpaired) electrons. The zero-order valence-electron chi connectivity index (χ0n) is 15.1. The minimum atomic E-state index is -1.01. The molecule has 2 aromatic rings. The Kier molecular flexibility index (Phi) is 5.40. The van der Waals surface area contributed by atoms with Crippen LogP contribution in [0.1, 0.15) is 12.5 Å². The van der Waals surface area contributed by atoms with Gasteiger partial charge in [-0.25, -0.2) is 9.69 Å². The minimum absolute atomic E-state index is 0.176. The molecular weight excluding hydrogens is 348 g/mol. The van der Waals surface area contributed by atoms with E-state index in [9.17, 15) is 14.4 Å². The van der Waals surface area contributed by atoms with E-state index < -0.39 is 23.8 Å². The SMILES string of the molecule is CCOc1ccccc1N1C(=O)NC(=O)C(Cc2ccc(OC)cc2)C1=O. The quantitative estimate of drug-likeness (QED) is 0.792. The lowest BCUT2D eigenvalue weighted by Gasteiger charge is -2.31. The summed E-state index contributed by atoms with van der Waals surface area (Å²) in [4.78, 5) is 38.6. The number of carbonyl (C=O) groups excluding carboxylic acids is 3. The number of hydrogen-bond acceptors (Lipinski definition) is 5. The predicted molar refractivity (Wildman–Crippen MR) is 98.8 cm³/mol. The number of benzene rings is 2. The summed E-state index contributed by atoms with van der Waals surface area (Å²) in [6.45, 7) is 2.19. The average molecular weight is 368 g/mol. The van der Waals surface area contributed by atoms with Crippen LogP contribution in [-0.2, 0) is 16.0 Å². The summed E-state index contributed by atoms with van der Waals surface area (Å²) in [6.07, 6.45) is 0.176. The van der Waals surface area contributed by atoms with Crippen molar-refractivity contribution in [1.82, 2.24) is 5.32 Å². The molecule has 1 fully saturated rings. The lowest BCUT2D eigenvalue weighted by atomic mass is 9.95. The summed E-state index contributed by atoms with van der Waals surface area (Å²) < 4.78 is 10.6. The molecule has 3 rings (SSSR count). The molecule has 27 heavy (non-hydrogen) atoms. The molecule has 0 aromatic heterocycles. The first-order chi connectivity index (χ1) is 13.0. The second kappa shape index (κ2) is 7.90. The molecule has 140 valence electrons. The predicted octanol–water partition coefficient (Wildman–Crippen LogP) is 2.54. The molecule has 4 amide bonds. The van der Waals surface area contributed by atoms with Gasteiger partial charge in [0, 0.05) is 0 Å². The van der Waals surface area contributed by atoms with Gasteiger partial charge in [-0.05, 0) is 43.2 Å². The summed E-state index contributed by atoms with van der Waals surface area (Å²) >= 11 is 0. The second-order valence-electron chi connectivity index (χ2n) is 5.97. The number of nitrogens with one attached hydrogen (secondary N) is 1. The van der Waals surface area contributed by atoms with Crippen molar-refractivity contribution in [3.05, 3.63) is 54.1 Å². The highest BCUT2D eigenvalue weighted by molar-refractivity contribution is 6.28. The first-order valence-corrected chi connectivity index (χ1v) is 8.58. The molecule has 2 aromatic carbocycles. The van der Waals surface area contributed by atoms with Gasteiger partial charge < -0.3 is 9.47 Å². The topological polar surface area (TPSA) is 84.9 Å². The van der Waals surface area contributed by atoms with E-state index in [4.69, 9.17) is 9.47 Å². The number of carbonyl (C=O) groups is 3. The molecule has 0 saturated carbocycles. The standard InChI is InChI=1S/C20H20N2O5/c1-3-27-17-7-5-4-6-16(17)22-19(24)15(18(23)21-20(22)25)12-13-8-10-14(26-2)11-9-13/h4-11,15H,3,12H2,1-2H3,(H,21,23,25). The Hall–Kier alpha value is -3.35. The van der Waals surface area contributed by atoms with Crippen LogP contribution in [0.5, 0.6) is 11.5 Å². The van der Waals surface area contributed by atoms with E-state index >= 15 is 0 Å². The Bertz CT molecular complexity index is 863. The fraction of sp³-hybridized carbons (Fsp3) is 0.250. The van der Waals surface area contributed by atoms with Crippen LogP contribution >= 0.6 is 0 Å². The number of rotatable bonds is 6. The molecule has 1 saturated heterocycles. The monoisotopic (exact) mass is 368 g/mol. The maximum atomic E-state index is 13.0. The Labute approximate surface area is 156 Å². The van der Waals surface area contributed by atoms with Gasteiger partial charge in [0.05, 0.1) is 19.4 Å². The number of para-hydroxylation sites is 2. The zero-order chi connectivity index (χ0) is 19.4. The fourth-order valence-corrected chi connectivity index (χ4v) is 2.94. The largest absolute Gasteiger partial charge is 0.497 e. The van der Waals surface area contributed by atoms with E-state index in [1.165, 1.54) is 0 Å². The van der Waals surface area contributed by atoms with Gasteiger partial charge in [0.1, 0.15) is 17.4 Å². The third kappa shape index (κ3) is 3.76. The van der Waals surface area contributed by atoms with Gasteiger partial charge >= 0.3 is 6.03 Å². The molecule has 0 bridgehead atoms. The van der Waals surface area contributed by atoms with E-state index in [-0.39, 0.29) is 6.42 Å². The van der Waals surface area contributed by atoms with Crippen LogP contribution in [0.25, 0.3) is 0 Å². The number of amides is 4. The van der Waals surface area contributed by atoms with Gasteiger partial charge in [-0.2, -0.15) is 0 Å². The van der Waals surface area contributed by atoms with E-state index in [1.807, 2.05) is 6.92 Å². The number of hydrogen-bond donors (Lipinski definition) is 1. The number of ether oxygens (including phenoxy) is 2. The lowest BCUT2D eigenvalue weighted by molar-refractivity contribution is -0.134. The van der Waals surface area contributed by atoms with Crippen molar-refractivity contribution in [2.75, 3.05) is 18.6 Å². The van der Waals surface area contributed by atoms with Gasteiger partial charge in [-0.1, -0.05) is 24.3 Å². The average Bonchev–Trinajstić information content (AvgIpc) is 2.67. The van der Waals surface area contributed by atoms with Crippen LogP contribution in [0.3, 0.4) is 0 Å². The molecule has 1 heterocycles. The lowest BCUT2D eigenvalue weighted by Crippen LogP contribution is -2.58. The highest BCUT2D eigenvalue weighted by Crippen LogP contribution is 2.31. The summed E-state index contributed by atoms with van der Waals surface area (Å²) in [5, 5.41) is 2.27. The van der Waals surface area contributed by atoms with Crippen LogP contribution in [-0.4, -0.2) is 31.6 Å². The van der Waals surface area contributed by atoms with E-state index in [0.29, 0.717) is 23.8 Å². The first-order valence-electron chi connectivity index (χ1n) is 8.58. The molecule has 7 nitrogen and oxygen atoms in total. The number of nitrogens with zero attached hydrogens (tertiary/aromatic N) is 1. The number of anilines is 1. The normalized spacial score (nSPS) is 16.9. The smallest absolute Gasteiger partial charge is 0.335 e. The molecule has 0 aliphatic carbocycles. The van der Waals surface area contributed by atoms with Gasteiger partial charge in [0.15, 0.2) is 0 Å². The van der Waals surface area contributed by atoms with Crippen LogP contribution in [0.15, 0.2) is 48.5 Å². The molecule has 7 heteroatoms. The maximum absolute atomic E-state index is 13.0. The van der Waals surface area contributed by atoms with Crippen molar-refractivity contribution in [3.8, 4) is 11.5 Å². The Balaban J connectivity index is 1.89. The van der Waals surface area contributed by atoms with Crippen molar-refractivity contribution in [2.45, 2.75) is 13.3 Å². The summed E-state index contributed by atoms with van der Waals surface area (Å²) in [7, 11) is 1.56. The van der Waals surface area contributed by atoms with Crippen LogP contribution in [0.4, 0.5) is 10.5 Å². The summed E-state index contributed by atoms with van der Waals surface area (Å²) in [5.74, 6) is -1.11. The molecular formula is C20H20N2O5. The highest BCUT2D eigenvalue weighted by Gasteiger charge is 2.42. The van der Waals surface area contributed by atoms with Gasteiger partial charge in [-0.3, -0.25) is 14.9 Å². The number of urea groups is 1. The van der Waals surface area contributed by atoms with Crippen molar-refractivity contribution < 1.29 is 23.9 Å². The van der Waals surface area contributed by atoms with Crippen molar-refractivity contribution >= 4 is 23.5 Å². The molecule has 1 unspecified atom stereocenters. The van der Waals surface area contributed by atoms with Crippen molar-refractivity contribution in [2.24, 2.45) is 5.92 Å². The van der Waals surface area contributed by atoms with Crippen LogP contribution in [0, 0.1) is 5.92 Å². The van der Waals surface area contributed by atoms with E-state index in [0.717, 1.165) is 10.5 Å². The number of imide groups is 2. The molecule has 1 aliphatic rings. The number of barbiturate groups is 1. The second-order valence-corrected chi connectivity index (χ2v) is 5.97. The van der Waals surface area contributed by atoms with Gasteiger partial charge in [0.25, 0.3) is 0 Å². The molecule has 0 spiro atoms. The molecule has 1 N–H and O–H groups in total. The maximum Gasteiger partial charge on any atom is 0.335 e. The third-order valence-electron chi connectivity index (χ3n) is 4.27. The zero-order valence-corrected chi connectivity index (χ0v) is 15.1. The third-order valence-corrected chi connectivity index (χ3v) is 4.27. The molecule has 1 aliphatic heterocycles. The van der Waals surface area contributed by atoms with Crippen LogP contribution in [0.2, 0.25) is 0 Å². The van der Waals surface area contributed by atoms with E-state index in [1.54, 1.807) is 55.6 Å². The number of methoxy groups -OCH3 is 1. The van der Waals surface area contributed by atoms with Crippen molar-refractivity contribution in [1.29, 1.82) is 0 Å². The van der Waals surface area contributed by atoms with Gasteiger partial charge in [-0.15, -0.1) is 0 Å². The fourth-order valence-electron chi connectivity index (χ4n) is 2.94. The van der Waals surface area contributed by atoms with E-state index in [2.05, 4.69) is 5.32 Å². The highest BCUT2D eigenvalue weighted by atomic mass is 16.5. The Morgan fingerprint density at radius 3 is 2.41 bits per heavy atom. The van der Waals surface area contributed by atoms with Crippen LogP contribution < -0.4 is 19.7 Å². The summed E-state index contributed by atoms with van der Waals surface area (Å²) in [5.41, 5.74) is 1.10. The van der Waals surface area contributed by atoms with Crippen molar-refractivity contribution in [3.63, 3.8) is 0 Å². The Morgan fingerprint density at radius 1 is 1.04 bits per heavy atom. The van der Waals surface area contributed by atoms with Gasteiger partial charge in [0.2, 0.25) is 11.8 Å². The minimum Gasteiger partial charge on any atom is -0.497 e. The Morgan fingerprint density at radius 2 is 1.74 bits per heavy atom. The molecule has 1 atom stereocenters.